The largest absolute Gasteiger partial charge is 0.480 e. The fourth-order valence-electron chi connectivity index (χ4n) is 3.16. The molecule has 1 aliphatic rings. The van der Waals surface area contributed by atoms with Crippen molar-refractivity contribution in [1.29, 1.82) is 0 Å². The third-order valence-electron chi connectivity index (χ3n) is 4.42. The van der Waals surface area contributed by atoms with E-state index in [1.54, 1.807) is 12.3 Å². The summed E-state index contributed by atoms with van der Waals surface area (Å²) in [5.74, 6) is -0.814. The Labute approximate surface area is 134 Å². The molecule has 0 amide bonds. The van der Waals surface area contributed by atoms with Crippen LogP contribution >= 0.6 is 11.6 Å². The molecule has 1 aromatic heterocycles. The number of likely N-dealkylation sites (N-methyl/N-ethyl adjacent to an activating group) is 1. The van der Waals surface area contributed by atoms with Crippen LogP contribution in [0.3, 0.4) is 0 Å². The van der Waals surface area contributed by atoms with Crippen molar-refractivity contribution in [3.8, 4) is 0 Å². The zero-order valence-electron chi connectivity index (χ0n) is 12.6. The van der Waals surface area contributed by atoms with Crippen LogP contribution in [0.5, 0.6) is 0 Å². The van der Waals surface area contributed by atoms with E-state index >= 15 is 0 Å². The van der Waals surface area contributed by atoms with Gasteiger partial charge in [-0.05, 0) is 24.7 Å². The highest BCUT2D eigenvalue weighted by Crippen LogP contribution is 2.31. The molecule has 1 fully saturated rings. The van der Waals surface area contributed by atoms with E-state index in [-0.39, 0.29) is 0 Å². The van der Waals surface area contributed by atoms with Crippen LogP contribution in [0.15, 0.2) is 24.4 Å². The molecule has 0 saturated carbocycles. The normalized spacial score (nSPS) is 18.6. The molecule has 3 rings (SSSR count). The summed E-state index contributed by atoms with van der Waals surface area (Å²) in [6.07, 6.45) is 1.80. The number of aromatic nitrogens is 1. The lowest BCUT2D eigenvalue weighted by atomic mass is 10.0. The molecule has 1 saturated heterocycles. The maximum atomic E-state index is 11.9. The number of benzene rings is 1. The molecular weight excluding hydrogens is 302 g/mol. The third kappa shape index (κ3) is 2.84. The van der Waals surface area contributed by atoms with Crippen LogP contribution in [0.1, 0.15) is 18.5 Å². The number of carbonyl (C=O) groups is 1. The van der Waals surface area contributed by atoms with Crippen LogP contribution in [-0.4, -0.2) is 58.6 Å². The van der Waals surface area contributed by atoms with Crippen molar-refractivity contribution >= 4 is 28.5 Å². The molecule has 2 aromatic rings. The molecule has 1 aliphatic heterocycles. The van der Waals surface area contributed by atoms with Gasteiger partial charge in [0.1, 0.15) is 6.04 Å². The van der Waals surface area contributed by atoms with E-state index in [4.69, 9.17) is 11.6 Å². The Morgan fingerprint density at radius 2 is 2.09 bits per heavy atom. The van der Waals surface area contributed by atoms with Gasteiger partial charge in [0.15, 0.2) is 0 Å². The molecule has 1 aromatic carbocycles. The fraction of sp³-hybridized carbons (Fsp3) is 0.438. The first-order valence-corrected chi connectivity index (χ1v) is 7.93. The molecule has 0 radical (unpaired) electrons. The second-order valence-corrected chi connectivity index (χ2v) is 6.08. The topological polar surface area (TPSA) is 59.6 Å². The predicted octanol–water partition coefficient (Wildman–Crippen LogP) is 2.58. The number of rotatable bonds is 4. The Bertz CT molecular complexity index is 677. The van der Waals surface area contributed by atoms with E-state index in [1.807, 2.05) is 17.0 Å². The summed E-state index contributed by atoms with van der Waals surface area (Å²) in [5.41, 5.74) is 1.70. The van der Waals surface area contributed by atoms with Gasteiger partial charge in [-0.1, -0.05) is 18.5 Å². The van der Waals surface area contributed by atoms with Crippen molar-refractivity contribution in [3.05, 3.63) is 35.0 Å². The first-order valence-electron chi connectivity index (χ1n) is 7.56. The van der Waals surface area contributed by atoms with E-state index in [0.29, 0.717) is 5.02 Å². The molecule has 0 bridgehead atoms. The zero-order chi connectivity index (χ0) is 15.7. The zero-order valence-corrected chi connectivity index (χ0v) is 13.3. The standard InChI is InChI=1S/C16H20ClN3O2/c1-2-19-5-7-20(8-6-19)15(16(21)22)13-10-18-14-4-3-11(17)9-12(13)14/h3-4,9-10,15,18H,2,5-8H2,1H3,(H,21,22). The van der Waals surface area contributed by atoms with Gasteiger partial charge in [-0.25, -0.2) is 0 Å². The SMILES string of the molecule is CCN1CCN(C(C(=O)O)c2c[nH]c3ccc(Cl)cc23)CC1. The van der Waals surface area contributed by atoms with Crippen LogP contribution in [0.25, 0.3) is 10.9 Å². The fourth-order valence-corrected chi connectivity index (χ4v) is 3.34. The summed E-state index contributed by atoms with van der Waals surface area (Å²) in [4.78, 5) is 19.4. The number of nitrogens with zero attached hydrogens (tertiary/aromatic N) is 2. The van der Waals surface area contributed by atoms with Gasteiger partial charge in [0.05, 0.1) is 0 Å². The lowest BCUT2D eigenvalue weighted by Gasteiger charge is -2.37. The van der Waals surface area contributed by atoms with Gasteiger partial charge in [0, 0.05) is 53.9 Å². The van der Waals surface area contributed by atoms with E-state index in [2.05, 4.69) is 16.8 Å². The van der Waals surface area contributed by atoms with Crippen molar-refractivity contribution in [1.82, 2.24) is 14.8 Å². The number of aliphatic carboxylic acids is 1. The Hall–Kier alpha value is -1.56. The molecular formula is C16H20ClN3O2. The monoisotopic (exact) mass is 321 g/mol. The molecule has 0 spiro atoms. The maximum Gasteiger partial charge on any atom is 0.325 e. The lowest BCUT2D eigenvalue weighted by molar-refractivity contribution is -0.144. The number of H-pyrrole nitrogens is 1. The molecule has 118 valence electrons. The Kier molecular flexibility index (Phi) is 4.38. The number of hydrogen-bond acceptors (Lipinski definition) is 3. The van der Waals surface area contributed by atoms with Gasteiger partial charge in [0.25, 0.3) is 0 Å². The highest BCUT2D eigenvalue weighted by molar-refractivity contribution is 6.31. The summed E-state index contributed by atoms with van der Waals surface area (Å²) < 4.78 is 0. The molecule has 2 heterocycles. The lowest BCUT2D eigenvalue weighted by Crippen LogP contribution is -2.49. The van der Waals surface area contributed by atoms with Crippen LogP contribution < -0.4 is 0 Å². The number of fused-ring (bicyclic) bond motifs is 1. The number of carboxylic acid groups (broad SMARTS) is 1. The third-order valence-corrected chi connectivity index (χ3v) is 4.66. The van der Waals surface area contributed by atoms with Gasteiger partial charge in [0.2, 0.25) is 0 Å². The summed E-state index contributed by atoms with van der Waals surface area (Å²) in [5, 5.41) is 11.3. The minimum absolute atomic E-state index is 0.619. The van der Waals surface area contributed by atoms with Crippen molar-refractivity contribution in [2.45, 2.75) is 13.0 Å². The van der Waals surface area contributed by atoms with E-state index in [1.165, 1.54) is 0 Å². The Balaban J connectivity index is 1.93. The van der Waals surface area contributed by atoms with Gasteiger partial charge >= 0.3 is 5.97 Å². The van der Waals surface area contributed by atoms with Crippen molar-refractivity contribution in [2.75, 3.05) is 32.7 Å². The van der Waals surface area contributed by atoms with Crippen molar-refractivity contribution < 1.29 is 9.90 Å². The highest BCUT2D eigenvalue weighted by Gasteiger charge is 2.31. The van der Waals surface area contributed by atoms with Crippen LogP contribution in [0.4, 0.5) is 0 Å². The quantitative estimate of drug-likeness (QED) is 0.908. The van der Waals surface area contributed by atoms with Crippen LogP contribution in [-0.2, 0) is 4.79 Å². The predicted molar refractivity (Wildman–Crippen MR) is 87.4 cm³/mol. The average molecular weight is 322 g/mol. The second-order valence-electron chi connectivity index (χ2n) is 5.64. The molecule has 0 aliphatic carbocycles. The Morgan fingerprint density at radius 1 is 1.36 bits per heavy atom. The second kappa shape index (κ2) is 6.28. The first kappa shape index (κ1) is 15.3. The molecule has 1 unspecified atom stereocenters. The number of halogens is 1. The van der Waals surface area contributed by atoms with Gasteiger partial charge in [-0.3, -0.25) is 9.69 Å². The van der Waals surface area contributed by atoms with E-state index in [0.717, 1.165) is 49.2 Å². The smallest absolute Gasteiger partial charge is 0.325 e. The minimum Gasteiger partial charge on any atom is -0.480 e. The molecule has 1 atom stereocenters. The summed E-state index contributed by atoms with van der Waals surface area (Å²) >= 11 is 6.07. The van der Waals surface area contributed by atoms with Crippen molar-refractivity contribution in [3.63, 3.8) is 0 Å². The van der Waals surface area contributed by atoms with Crippen molar-refractivity contribution in [2.24, 2.45) is 0 Å². The summed E-state index contributed by atoms with van der Waals surface area (Å²) in [6, 6.07) is 4.89. The number of piperazine rings is 1. The van der Waals surface area contributed by atoms with E-state index < -0.39 is 12.0 Å². The summed E-state index contributed by atoms with van der Waals surface area (Å²) in [7, 11) is 0. The van der Waals surface area contributed by atoms with Crippen LogP contribution in [0.2, 0.25) is 5.02 Å². The molecule has 2 N–H and O–H groups in total. The summed E-state index contributed by atoms with van der Waals surface area (Å²) in [6.45, 7) is 6.48. The van der Waals surface area contributed by atoms with Gasteiger partial charge in [-0.2, -0.15) is 0 Å². The average Bonchev–Trinajstić information content (AvgIpc) is 2.91. The van der Waals surface area contributed by atoms with Gasteiger partial charge < -0.3 is 15.0 Å². The molecule has 6 heteroatoms. The van der Waals surface area contributed by atoms with Crippen LogP contribution in [0, 0.1) is 0 Å². The number of nitrogens with one attached hydrogen (secondary N) is 1. The maximum absolute atomic E-state index is 11.9. The highest BCUT2D eigenvalue weighted by atomic mass is 35.5. The molecule has 22 heavy (non-hydrogen) atoms. The minimum atomic E-state index is -0.814. The number of aromatic amines is 1. The Morgan fingerprint density at radius 3 is 2.73 bits per heavy atom. The number of carboxylic acids is 1. The first-order chi connectivity index (χ1) is 10.6. The van der Waals surface area contributed by atoms with Gasteiger partial charge in [-0.15, -0.1) is 0 Å². The van der Waals surface area contributed by atoms with E-state index in [9.17, 15) is 9.90 Å². The number of hydrogen-bond donors (Lipinski definition) is 2. The molecule has 5 nitrogen and oxygen atoms in total.